The second-order valence-corrected chi connectivity index (χ2v) is 5.60. The van der Waals surface area contributed by atoms with Crippen LogP contribution in [0.5, 0.6) is 5.75 Å². The number of rotatable bonds is 1. The largest absolute Gasteiger partial charge is 0.481 e. The van der Waals surface area contributed by atoms with Gasteiger partial charge in [-0.1, -0.05) is 6.07 Å². The molecule has 0 spiro atoms. The zero-order valence-corrected chi connectivity index (χ0v) is 11.6. The molecule has 0 atom stereocenters. The minimum Gasteiger partial charge on any atom is -0.481 e. The van der Waals surface area contributed by atoms with E-state index < -0.39 is 0 Å². The van der Waals surface area contributed by atoms with Gasteiger partial charge in [-0.2, -0.15) is 0 Å². The van der Waals surface area contributed by atoms with E-state index in [0.29, 0.717) is 17.0 Å². The maximum Gasteiger partial charge on any atom is 0.264 e. The SMILES string of the molecule is CN1C(=O)COc2c(C(=O)NC(C)(C)C)cccc21. The Morgan fingerprint density at radius 2 is 2.05 bits per heavy atom. The fraction of sp³-hybridized carbons (Fsp3) is 0.429. The van der Waals surface area contributed by atoms with Crippen LogP contribution in [0.4, 0.5) is 5.69 Å². The summed E-state index contributed by atoms with van der Waals surface area (Å²) in [7, 11) is 1.68. The summed E-state index contributed by atoms with van der Waals surface area (Å²) in [6, 6.07) is 5.21. The van der Waals surface area contributed by atoms with Crippen molar-refractivity contribution in [1.82, 2.24) is 5.32 Å². The lowest BCUT2D eigenvalue weighted by Crippen LogP contribution is -2.41. The van der Waals surface area contributed by atoms with Crippen molar-refractivity contribution in [3.63, 3.8) is 0 Å². The molecule has 1 heterocycles. The summed E-state index contributed by atoms with van der Waals surface area (Å²) >= 11 is 0. The molecular formula is C14H18N2O3. The highest BCUT2D eigenvalue weighted by Gasteiger charge is 2.27. The molecule has 5 heteroatoms. The van der Waals surface area contributed by atoms with Gasteiger partial charge >= 0.3 is 0 Å². The van der Waals surface area contributed by atoms with Crippen LogP contribution in [0.1, 0.15) is 31.1 Å². The van der Waals surface area contributed by atoms with Gasteiger partial charge in [0.05, 0.1) is 11.3 Å². The lowest BCUT2D eigenvalue weighted by Gasteiger charge is -2.28. The van der Waals surface area contributed by atoms with E-state index in [-0.39, 0.29) is 24.0 Å². The average Bonchev–Trinajstić information content (AvgIpc) is 2.31. The molecule has 0 saturated heterocycles. The van der Waals surface area contributed by atoms with Gasteiger partial charge in [-0.3, -0.25) is 9.59 Å². The summed E-state index contributed by atoms with van der Waals surface area (Å²) in [4.78, 5) is 25.3. The van der Waals surface area contributed by atoms with Crippen molar-refractivity contribution in [2.45, 2.75) is 26.3 Å². The Bertz CT molecular complexity index is 532. The van der Waals surface area contributed by atoms with Gasteiger partial charge in [0, 0.05) is 12.6 Å². The van der Waals surface area contributed by atoms with Crippen LogP contribution >= 0.6 is 0 Å². The van der Waals surface area contributed by atoms with Gasteiger partial charge in [0.2, 0.25) is 0 Å². The van der Waals surface area contributed by atoms with E-state index in [9.17, 15) is 9.59 Å². The van der Waals surface area contributed by atoms with E-state index in [0.717, 1.165) is 0 Å². The lowest BCUT2D eigenvalue weighted by atomic mass is 10.1. The van der Waals surface area contributed by atoms with Crippen molar-refractivity contribution >= 4 is 17.5 Å². The number of ether oxygens (including phenoxy) is 1. The number of carbonyl (C=O) groups is 2. The Morgan fingerprint density at radius 3 is 2.68 bits per heavy atom. The smallest absolute Gasteiger partial charge is 0.264 e. The first-order valence-electron chi connectivity index (χ1n) is 6.14. The molecule has 5 nitrogen and oxygen atoms in total. The highest BCUT2D eigenvalue weighted by molar-refractivity contribution is 6.04. The van der Waals surface area contributed by atoms with Crippen LogP contribution < -0.4 is 15.0 Å². The molecule has 1 aliphatic rings. The summed E-state index contributed by atoms with van der Waals surface area (Å²) in [5, 5.41) is 2.89. The second-order valence-electron chi connectivity index (χ2n) is 5.60. The van der Waals surface area contributed by atoms with E-state index in [2.05, 4.69) is 5.32 Å². The monoisotopic (exact) mass is 262 g/mol. The van der Waals surface area contributed by atoms with Gasteiger partial charge in [-0.05, 0) is 32.9 Å². The molecule has 102 valence electrons. The van der Waals surface area contributed by atoms with Gasteiger partial charge in [0.15, 0.2) is 12.4 Å². The number of anilines is 1. The zero-order chi connectivity index (χ0) is 14.2. The first-order chi connectivity index (χ1) is 8.79. The molecule has 1 aliphatic heterocycles. The Morgan fingerprint density at radius 1 is 1.37 bits per heavy atom. The van der Waals surface area contributed by atoms with Crippen LogP contribution in [0.15, 0.2) is 18.2 Å². The summed E-state index contributed by atoms with van der Waals surface area (Å²) in [6.07, 6.45) is 0. The van der Waals surface area contributed by atoms with Crippen molar-refractivity contribution in [1.29, 1.82) is 0 Å². The highest BCUT2D eigenvalue weighted by Crippen LogP contribution is 2.34. The summed E-state index contributed by atoms with van der Waals surface area (Å²) in [5.41, 5.74) is 0.750. The molecule has 0 aliphatic carbocycles. The van der Waals surface area contributed by atoms with E-state index in [4.69, 9.17) is 4.74 Å². The Balaban J connectivity index is 2.39. The normalized spacial score (nSPS) is 14.7. The molecule has 1 aromatic carbocycles. The van der Waals surface area contributed by atoms with Crippen molar-refractivity contribution in [2.75, 3.05) is 18.6 Å². The third-order valence-corrected chi connectivity index (χ3v) is 2.80. The standard InChI is InChI=1S/C14H18N2O3/c1-14(2,3)15-13(18)9-6-5-7-10-12(9)19-8-11(17)16(10)4/h5-7H,8H2,1-4H3,(H,15,18). The molecule has 1 aromatic rings. The van der Waals surface area contributed by atoms with Crippen LogP contribution in [-0.4, -0.2) is 31.0 Å². The van der Waals surface area contributed by atoms with Crippen molar-refractivity contribution in [2.24, 2.45) is 0 Å². The molecule has 0 fully saturated rings. The van der Waals surface area contributed by atoms with E-state index in [1.54, 1.807) is 25.2 Å². The van der Waals surface area contributed by atoms with E-state index in [1.165, 1.54) is 4.90 Å². The van der Waals surface area contributed by atoms with Crippen molar-refractivity contribution in [3.05, 3.63) is 23.8 Å². The Labute approximate surface area is 112 Å². The maximum absolute atomic E-state index is 12.2. The first-order valence-corrected chi connectivity index (χ1v) is 6.14. The van der Waals surface area contributed by atoms with E-state index >= 15 is 0 Å². The average molecular weight is 262 g/mol. The quantitative estimate of drug-likeness (QED) is 0.835. The number of nitrogens with zero attached hydrogens (tertiary/aromatic N) is 1. The third-order valence-electron chi connectivity index (χ3n) is 2.80. The molecule has 2 rings (SSSR count). The number of amides is 2. The van der Waals surface area contributed by atoms with Gasteiger partial charge in [-0.25, -0.2) is 0 Å². The second kappa shape index (κ2) is 4.57. The van der Waals surface area contributed by atoms with Gasteiger partial charge in [0.25, 0.3) is 11.8 Å². The number of likely N-dealkylation sites (N-methyl/N-ethyl adjacent to an activating group) is 1. The van der Waals surface area contributed by atoms with Crippen LogP contribution in [-0.2, 0) is 4.79 Å². The molecule has 2 amide bonds. The summed E-state index contributed by atoms with van der Waals surface area (Å²) in [5.74, 6) is 0.138. The number of benzene rings is 1. The maximum atomic E-state index is 12.2. The zero-order valence-electron chi connectivity index (χ0n) is 11.6. The molecule has 1 N–H and O–H groups in total. The number of hydrogen-bond donors (Lipinski definition) is 1. The van der Waals surface area contributed by atoms with Crippen LogP contribution in [0.3, 0.4) is 0 Å². The third kappa shape index (κ3) is 2.70. The number of nitrogens with one attached hydrogen (secondary N) is 1. The van der Waals surface area contributed by atoms with Gasteiger partial charge in [-0.15, -0.1) is 0 Å². The minimum absolute atomic E-state index is 0.0384. The van der Waals surface area contributed by atoms with Crippen molar-refractivity contribution in [3.8, 4) is 5.75 Å². The lowest BCUT2D eigenvalue weighted by molar-refractivity contribution is -0.121. The first kappa shape index (κ1) is 13.4. The number of hydrogen-bond acceptors (Lipinski definition) is 3. The summed E-state index contributed by atoms with van der Waals surface area (Å²) in [6.45, 7) is 5.70. The van der Waals surface area contributed by atoms with Crippen LogP contribution in [0.2, 0.25) is 0 Å². The summed E-state index contributed by atoms with van der Waals surface area (Å²) < 4.78 is 5.42. The number of fused-ring (bicyclic) bond motifs is 1. The molecule has 0 radical (unpaired) electrons. The van der Waals surface area contributed by atoms with Gasteiger partial charge < -0.3 is 15.0 Å². The van der Waals surface area contributed by atoms with E-state index in [1.807, 2.05) is 20.8 Å². The molecule has 0 unspecified atom stereocenters. The van der Waals surface area contributed by atoms with Gasteiger partial charge in [0.1, 0.15) is 0 Å². The van der Waals surface area contributed by atoms with Crippen LogP contribution in [0, 0.1) is 0 Å². The fourth-order valence-electron chi connectivity index (χ4n) is 1.89. The molecule has 0 saturated carbocycles. The Hall–Kier alpha value is -2.04. The highest BCUT2D eigenvalue weighted by atomic mass is 16.5. The molecule has 0 bridgehead atoms. The predicted molar refractivity (Wildman–Crippen MR) is 72.6 cm³/mol. The number of carbonyl (C=O) groups excluding carboxylic acids is 2. The predicted octanol–water partition coefficient (Wildman–Crippen LogP) is 1.57. The van der Waals surface area contributed by atoms with Crippen molar-refractivity contribution < 1.29 is 14.3 Å². The molecular weight excluding hydrogens is 244 g/mol. The minimum atomic E-state index is -0.323. The molecule has 19 heavy (non-hydrogen) atoms. The van der Waals surface area contributed by atoms with Crippen LogP contribution in [0.25, 0.3) is 0 Å². The topological polar surface area (TPSA) is 58.6 Å². The number of para-hydroxylation sites is 1. The fourth-order valence-corrected chi connectivity index (χ4v) is 1.89. The molecule has 0 aromatic heterocycles. The Kier molecular flexibility index (Phi) is 3.22.